The molecule has 38 heavy (non-hydrogen) atoms. The zero-order valence-electron chi connectivity index (χ0n) is 20.1. The number of piperazine rings is 1. The molecule has 4 aromatic rings. The van der Waals surface area contributed by atoms with Crippen LogP contribution in [0, 0.1) is 0 Å². The van der Waals surface area contributed by atoms with E-state index in [0.29, 0.717) is 43.4 Å². The van der Waals surface area contributed by atoms with E-state index in [1.807, 2.05) is 18.5 Å². The minimum atomic E-state index is -4.77. The first-order valence-corrected chi connectivity index (χ1v) is 12.1. The number of nitrogens with one attached hydrogen (secondary N) is 2. The van der Waals surface area contributed by atoms with Gasteiger partial charge in [-0.2, -0.15) is 0 Å². The van der Waals surface area contributed by atoms with Crippen LogP contribution in [0.2, 0.25) is 0 Å². The summed E-state index contributed by atoms with van der Waals surface area (Å²) in [5.74, 6) is 1.80. The van der Waals surface area contributed by atoms with Crippen LogP contribution in [0.1, 0.15) is 24.6 Å². The largest absolute Gasteiger partial charge is 0.573 e. The highest BCUT2D eigenvalue weighted by molar-refractivity contribution is 5.92. The second-order valence-corrected chi connectivity index (χ2v) is 9.22. The molecule has 0 radical (unpaired) electrons. The second-order valence-electron chi connectivity index (χ2n) is 9.22. The van der Waals surface area contributed by atoms with Crippen LogP contribution in [-0.2, 0) is 0 Å². The molecule has 2 aliphatic rings. The van der Waals surface area contributed by atoms with E-state index in [1.165, 1.54) is 18.5 Å². The molecule has 4 heterocycles. The Morgan fingerprint density at radius 2 is 1.71 bits per heavy atom. The smallest absolute Gasteiger partial charge is 0.406 e. The molecule has 1 aliphatic carbocycles. The van der Waals surface area contributed by atoms with Crippen LogP contribution in [0.4, 0.5) is 29.5 Å². The summed E-state index contributed by atoms with van der Waals surface area (Å²) < 4.78 is 40.9. The number of ether oxygens (including phenoxy) is 1. The average molecular weight is 525 g/mol. The van der Waals surface area contributed by atoms with Gasteiger partial charge in [-0.15, -0.1) is 13.2 Å². The molecule has 0 spiro atoms. The minimum Gasteiger partial charge on any atom is -0.406 e. The molecule has 2 N–H and O–H groups in total. The lowest BCUT2D eigenvalue weighted by atomic mass is 10.2. The van der Waals surface area contributed by atoms with Crippen LogP contribution in [-0.4, -0.2) is 68.4 Å². The molecule has 6 rings (SSSR count). The average Bonchev–Trinajstić information content (AvgIpc) is 3.67. The Hall–Kier alpha value is -4.42. The first kappa shape index (κ1) is 23.9. The number of H-pyrrole nitrogens is 1. The third-order valence-corrected chi connectivity index (χ3v) is 6.54. The second kappa shape index (κ2) is 9.47. The van der Waals surface area contributed by atoms with Crippen LogP contribution in [0.3, 0.4) is 0 Å². The summed E-state index contributed by atoms with van der Waals surface area (Å²) in [6.45, 7) is 2.00. The molecule has 1 saturated carbocycles. The van der Waals surface area contributed by atoms with Crippen molar-refractivity contribution in [2.75, 3.05) is 36.4 Å². The van der Waals surface area contributed by atoms with Gasteiger partial charge >= 0.3 is 12.4 Å². The van der Waals surface area contributed by atoms with Gasteiger partial charge in [-0.25, -0.2) is 24.7 Å². The fourth-order valence-corrected chi connectivity index (χ4v) is 4.43. The summed E-state index contributed by atoms with van der Waals surface area (Å²) in [4.78, 5) is 37.7. The Labute approximate surface area is 214 Å². The number of halogens is 3. The molecule has 1 saturated heterocycles. The number of anilines is 2. The van der Waals surface area contributed by atoms with Gasteiger partial charge in [-0.3, -0.25) is 0 Å². The van der Waals surface area contributed by atoms with Crippen molar-refractivity contribution in [2.24, 2.45) is 0 Å². The summed E-state index contributed by atoms with van der Waals surface area (Å²) in [6, 6.07) is 6.69. The fourth-order valence-electron chi connectivity index (χ4n) is 4.43. The lowest BCUT2D eigenvalue weighted by Crippen LogP contribution is -2.50. The number of alkyl halides is 3. The van der Waals surface area contributed by atoms with Gasteiger partial charge in [0.05, 0.1) is 11.1 Å². The predicted octanol–water partition coefficient (Wildman–Crippen LogP) is 4.55. The van der Waals surface area contributed by atoms with Crippen LogP contribution in [0.5, 0.6) is 5.75 Å². The molecule has 0 unspecified atom stereocenters. The van der Waals surface area contributed by atoms with Gasteiger partial charge in [0.25, 0.3) is 0 Å². The van der Waals surface area contributed by atoms with Gasteiger partial charge in [0, 0.05) is 55.7 Å². The Kier molecular flexibility index (Phi) is 5.97. The topological polar surface area (TPSA) is 112 Å². The highest BCUT2D eigenvalue weighted by Gasteiger charge is 2.31. The number of rotatable bonds is 5. The van der Waals surface area contributed by atoms with Crippen molar-refractivity contribution < 1.29 is 22.7 Å². The van der Waals surface area contributed by atoms with Crippen molar-refractivity contribution in [1.82, 2.24) is 29.8 Å². The predicted molar refractivity (Wildman–Crippen MR) is 133 cm³/mol. The van der Waals surface area contributed by atoms with E-state index in [2.05, 4.69) is 39.9 Å². The molecule has 0 atom stereocenters. The van der Waals surface area contributed by atoms with Crippen LogP contribution in [0.25, 0.3) is 22.3 Å². The van der Waals surface area contributed by atoms with E-state index in [4.69, 9.17) is 0 Å². The summed E-state index contributed by atoms with van der Waals surface area (Å²) in [5, 5.41) is 3.58. The molecule has 3 aromatic heterocycles. The van der Waals surface area contributed by atoms with Gasteiger partial charge < -0.3 is 24.8 Å². The van der Waals surface area contributed by atoms with E-state index in [1.54, 1.807) is 4.90 Å². The maximum absolute atomic E-state index is 12.7. The normalized spacial score (nSPS) is 16.1. The number of carbonyl (C=O) groups is 1. The quantitative estimate of drug-likeness (QED) is 0.394. The lowest BCUT2D eigenvalue weighted by molar-refractivity contribution is -0.274. The number of aromatic amines is 1. The number of carbonyl (C=O) groups excluding carboxylic acids is 1. The summed E-state index contributed by atoms with van der Waals surface area (Å²) in [7, 11) is 0. The van der Waals surface area contributed by atoms with Crippen molar-refractivity contribution >= 4 is 28.6 Å². The maximum atomic E-state index is 12.7. The van der Waals surface area contributed by atoms with Crippen molar-refractivity contribution in [1.29, 1.82) is 0 Å². The number of hydrogen-bond acceptors (Lipinski definition) is 7. The van der Waals surface area contributed by atoms with E-state index in [9.17, 15) is 18.0 Å². The lowest BCUT2D eigenvalue weighted by Gasteiger charge is -2.35. The van der Waals surface area contributed by atoms with Gasteiger partial charge in [-0.05, 0) is 43.2 Å². The zero-order valence-corrected chi connectivity index (χ0v) is 20.1. The molecule has 1 aliphatic heterocycles. The monoisotopic (exact) mass is 524 g/mol. The van der Waals surface area contributed by atoms with Crippen LogP contribution < -0.4 is 15.0 Å². The number of fused-ring (bicyclic) bond motifs is 1. The van der Waals surface area contributed by atoms with Crippen molar-refractivity contribution in [3.8, 4) is 17.0 Å². The van der Waals surface area contributed by atoms with Gasteiger partial charge in [-0.1, -0.05) is 0 Å². The number of urea groups is 1. The summed E-state index contributed by atoms with van der Waals surface area (Å²) in [6.07, 6.45) is 2.69. The minimum absolute atomic E-state index is 0.333. The molecule has 196 valence electrons. The van der Waals surface area contributed by atoms with Crippen LogP contribution >= 0.6 is 0 Å². The third kappa shape index (κ3) is 5.17. The summed E-state index contributed by atoms with van der Waals surface area (Å²) in [5.41, 5.74) is 2.81. The van der Waals surface area contributed by atoms with Gasteiger partial charge in [0.15, 0.2) is 0 Å². The third-order valence-electron chi connectivity index (χ3n) is 6.54. The molecule has 10 nitrogen and oxygen atoms in total. The Morgan fingerprint density at radius 3 is 2.37 bits per heavy atom. The molecule has 2 amide bonds. The number of benzene rings is 1. The Morgan fingerprint density at radius 1 is 1.00 bits per heavy atom. The number of aromatic nitrogens is 5. The van der Waals surface area contributed by atoms with E-state index < -0.39 is 6.36 Å². The number of amides is 2. The van der Waals surface area contributed by atoms with Gasteiger partial charge in [0.2, 0.25) is 0 Å². The fraction of sp³-hybridized carbons (Fsp3) is 0.320. The van der Waals surface area contributed by atoms with E-state index >= 15 is 0 Å². The number of nitrogens with zero attached hydrogens (tertiary/aromatic N) is 6. The zero-order chi connectivity index (χ0) is 26.3. The highest BCUT2D eigenvalue weighted by Crippen LogP contribution is 2.38. The van der Waals surface area contributed by atoms with Crippen LogP contribution in [0.15, 0.2) is 49.1 Å². The first-order valence-electron chi connectivity index (χ1n) is 12.1. The summed E-state index contributed by atoms with van der Waals surface area (Å²) >= 11 is 0. The highest BCUT2D eigenvalue weighted by atomic mass is 19.4. The van der Waals surface area contributed by atoms with Crippen molar-refractivity contribution in [3.05, 3.63) is 54.9 Å². The maximum Gasteiger partial charge on any atom is 0.573 e. The molecule has 2 fully saturated rings. The first-order chi connectivity index (χ1) is 18.3. The van der Waals surface area contributed by atoms with Crippen molar-refractivity contribution in [3.63, 3.8) is 0 Å². The molecule has 1 aromatic carbocycles. The number of hydrogen-bond donors (Lipinski definition) is 2. The SMILES string of the molecule is O=C(Nc1ccc(OC(F)(F)F)cc1)N1CCN(c2ncnc3[nH]c(-c4cnc(C5CC5)nc4)cc23)CC1. The Bertz CT molecular complexity index is 1440. The molecular weight excluding hydrogens is 501 g/mol. The van der Waals surface area contributed by atoms with E-state index in [-0.39, 0.29) is 11.8 Å². The molecule has 0 bridgehead atoms. The van der Waals surface area contributed by atoms with Gasteiger partial charge in [0.1, 0.15) is 29.4 Å². The Balaban J connectivity index is 1.10. The standard InChI is InChI=1S/C25H23F3N8O2/c26-25(27,28)38-18-5-3-17(4-6-18)33-24(37)36-9-7-35(8-10-36)23-19-11-20(34-22(19)31-14-32-23)16-12-29-21(30-13-16)15-1-2-15/h3-6,11-15H,1-2,7-10H2,(H,33,37)(H,31,32,34). The van der Waals surface area contributed by atoms with Crippen molar-refractivity contribution in [2.45, 2.75) is 25.1 Å². The van der Waals surface area contributed by atoms with E-state index in [0.717, 1.165) is 53.3 Å². The molecule has 13 heteroatoms. The molecular formula is C25H23F3N8O2.